The van der Waals surface area contributed by atoms with Gasteiger partial charge in [-0.05, 0) is 30.5 Å². The van der Waals surface area contributed by atoms with Crippen LogP contribution < -0.4 is 5.73 Å². The zero-order valence-electron chi connectivity index (χ0n) is 9.73. The lowest BCUT2D eigenvalue weighted by Crippen LogP contribution is -2.40. The van der Waals surface area contributed by atoms with Gasteiger partial charge in [-0.15, -0.1) is 13.2 Å². The van der Waals surface area contributed by atoms with Crippen LogP contribution in [0.15, 0.2) is 49.6 Å². The summed E-state index contributed by atoms with van der Waals surface area (Å²) in [4.78, 5) is 11.8. The summed E-state index contributed by atoms with van der Waals surface area (Å²) in [6.45, 7) is 7.32. The number of carbonyl (C=O) groups is 1. The quantitative estimate of drug-likeness (QED) is 0.738. The van der Waals surface area contributed by atoms with Gasteiger partial charge in [0.05, 0.1) is 5.41 Å². The normalized spacial score (nSPS) is 10.8. The number of primary amides is 1. The van der Waals surface area contributed by atoms with E-state index in [0.717, 1.165) is 5.56 Å². The highest BCUT2D eigenvalue weighted by atomic mass is 16.3. The van der Waals surface area contributed by atoms with Crippen molar-refractivity contribution in [2.45, 2.75) is 18.3 Å². The summed E-state index contributed by atoms with van der Waals surface area (Å²) < 4.78 is 0. The molecule has 0 fully saturated rings. The van der Waals surface area contributed by atoms with E-state index < -0.39 is 11.3 Å². The zero-order chi connectivity index (χ0) is 12.9. The summed E-state index contributed by atoms with van der Waals surface area (Å²) in [6.07, 6.45) is 4.22. The average molecular weight is 231 g/mol. The smallest absolute Gasteiger partial charge is 0.228 e. The molecule has 3 heteroatoms. The van der Waals surface area contributed by atoms with Crippen molar-refractivity contribution < 1.29 is 9.90 Å². The molecule has 0 aliphatic heterocycles. The van der Waals surface area contributed by atoms with Crippen LogP contribution >= 0.6 is 0 Å². The van der Waals surface area contributed by atoms with Crippen molar-refractivity contribution in [3.63, 3.8) is 0 Å². The Morgan fingerprint density at radius 2 is 1.71 bits per heavy atom. The van der Waals surface area contributed by atoms with Crippen molar-refractivity contribution in [2.24, 2.45) is 5.73 Å². The van der Waals surface area contributed by atoms with Crippen molar-refractivity contribution >= 4 is 5.91 Å². The number of allylic oxidation sites excluding steroid dienone is 2. The molecule has 0 saturated heterocycles. The van der Waals surface area contributed by atoms with Gasteiger partial charge < -0.3 is 10.8 Å². The molecule has 3 nitrogen and oxygen atoms in total. The van der Waals surface area contributed by atoms with Crippen molar-refractivity contribution in [1.82, 2.24) is 0 Å². The van der Waals surface area contributed by atoms with E-state index in [2.05, 4.69) is 13.2 Å². The third kappa shape index (κ3) is 2.56. The van der Waals surface area contributed by atoms with Crippen molar-refractivity contribution in [1.29, 1.82) is 0 Å². The van der Waals surface area contributed by atoms with Gasteiger partial charge >= 0.3 is 0 Å². The molecule has 0 unspecified atom stereocenters. The van der Waals surface area contributed by atoms with Gasteiger partial charge in [0.15, 0.2) is 0 Å². The monoisotopic (exact) mass is 231 g/mol. The summed E-state index contributed by atoms with van der Waals surface area (Å²) in [7, 11) is 0. The van der Waals surface area contributed by atoms with E-state index in [9.17, 15) is 9.90 Å². The number of rotatable bonds is 6. The number of phenols is 1. The molecule has 0 spiro atoms. The predicted octanol–water partition coefficient (Wildman–Crippen LogP) is 2.27. The van der Waals surface area contributed by atoms with Crippen LogP contribution in [0.25, 0.3) is 0 Å². The van der Waals surface area contributed by atoms with Crippen LogP contribution in [0.4, 0.5) is 0 Å². The fourth-order valence-electron chi connectivity index (χ4n) is 1.94. The molecule has 0 aromatic heterocycles. The molecule has 0 aliphatic rings. The molecule has 0 heterocycles. The average Bonchev–Trinajstić information content (AvgIpc) is 2.29. The Morgan fingerprint density at radius 1 is 1.24 bits per heavy atom. The molecule has 1 amide bonds. The number of phenolic OH excluding ortho intramolecular Hbond substituents is 1. The first-order valence-electron chi connectivity index (χ1n) is 5.38. The van der Waals surface area contributed by atoms with Crippen molar-refractivity contribution in [2.75, 3.05) is 0 Å². The largest absolute Gasteiger partial charge is 0.508 e. The molecule has 3 N–H and O–H groups in total. The first kappa shape index (κ1) is 13.0. The van der Waals surface area contributed by atoms with E-state index in [1.807, 2.05) is 0 Å². The minimum atomic E-state index is -0.822. The van der Waals surface area contributed by atoms with Crippen LogP contribution in [-0.2, 0) is 10.2 Å². The molecule has 0 atom stereocenters. The number of nitrogens with two attached hydrogens (primary N) is 1. The number of hydrogen-bond donors (Lipinski definition) is 2. The second kappa shape index (κ2) is 5.34. The lowest BCUT2D eigenvalue weighted by molar-refractivity contribution is -0.123. The molecule has 0 aliphatic carbocycles. The Kier molecular flexibility index (Phi) is 4.10. The third-order valence-electron chi connectivity index (χ3n) is 2.88. The third-order valence-corrected chi connectivity index (χ3v) is 2.88. The van der Waals surface area contributed by atoms with E-state index in [1.54, 1.807) is 36.4 Å². The van der Waals surface area contributed by atoms with Gasteiger partial charge in [-0.2, -0.15) is 0 Å². The van der Waals surface area contributed by atoms with Crippen LogP contribution in [0.3, 0.4) is 0 Å². The number of hydrogen-bond acceptors (Lipinski definition) is 2. The van der Waals surface area contributed by atoms with Gasteiger partial charge in [0.25, 0.3) is 0 Å². The van der Waals surface area contributed by atoms with Crippen molar-refractivity contribution in [3.05, 3.63) is 55.1 Å². The van der Waals surface area contributed by atoms with Gasteiger partial charge in [0.1, 0.15) is 5.75 Å². The Hall–Kier alpha value is -2.03. The Balaban J connectivity index is 3.28. The molecular formula is C14H17NO2. The maximum atomic E-state index is 11.8. The topological polar surface area (TPSA) is 63.3 Å². The fraction of sp³-hybridized carbons (Fsp3) is 0.214. The molecule has 0 saturated carbocycles. The van der Waals surface area contributed by atoms with Gasteiger partial charge in [0, 0.05) is 0 Å². The lowest BCUT2D eigenvalue weighted by Gasteiger charge is -2.29. The van der Waals surface area contributed by atoms with Gasteiger partial charge in [-0.25, -0.2) is 0 Å². The van der Waals surface area contributed by atoms with E-state index in [-0.39, 0.29) is 5.75 Å². The SMILES string of the molecule is C=CCC(CC=C)(C(N)=O)c1ccc(O)cc1. The Morgan fingerprint density at radius 3 is 2.06 bits per heavy atom. The van der Waals surface area contributed by atoms with Crippen LogP contribution in [0.5, 0.6) is 5.75 Å². The summed E-state index contributed by atoms with van der Waals surface area (Å²) in [6, 6.07) is 6.48. The van der Waals surface area contributed by atoms with Crippen LogP contribution in [0.1, 0.15) is 18.4 Å². The minimum Gasteiger partial charge on any atom is -0.508 e. The fourth-order valence-corrected chi connectivity index (χ4v) is 1.94. The van der Waals surface area contributed by atoms with E-state index in [4.69, 9.17) is 5.73 Å². The first-order chi connectivity index (χ1) is 8.06. The molecule has 17 heavy (non-hydrogen) atoms. The second-order valence-corrected chi connectivity index (χ2v) is 3.98. The summed E-state index contributed by atoms with van der Waals surface area (Å²) in [5.41, 5.74) is 5.46. The molecule has 0 radical (unpaired) electrons. The number of carbonyl (C=O) groups excluding carboxylic acids is 1. The number of amides is 1. The highest BCUT2D eigenvalue weighted by molar-refractivity contribution is 5.87. The molecule has 90 valence electrons. The maximum absolute atomic E-state index is 11.8. The molecule has 0 bridgehead atoms. The van der Waals surface area contributed by atoms with E-state index in [0.29, 0.717) is 12.8 Å². The van der Waals surface area contributed by atoms with Crippen molar-refractivity contribution in [3.8, 4) is 5.75 Å². The van der Waals surface area contributed by atoms with Gasteiger partial charge in [-0.1, -0.05) is 24.3 Å². The van der Waals surface area contributed by atoms with Gasteiger partial charge in [-0.3, -0.25) is 4.79 Å². The Labute approximate surface area is 101 Å². The predicted molar refractivity (Wildman–Crippen MR) is 68.6 cm³/mol. The highest BCUT2D eigenvalue weighted by Crippen LogP contribution is 2.33. The van der Waals surface area contributed by atoms with Crippen LogP contribution in [0, 0.1) is 0 Å². The van der Waals surface area contributed by atoms with E-state index >= 15 is 0 Å². The second-order valence-electron chi connectivity index (χ2n) is 3.98. The Bertz CT molecular complexity index is 410. The lowest BCUT2D eigenvalue weighted by atomic mass is 9.74. The molecule has 1 rings (SSSR count). The number of benzene rings is 1. The van der Waals surface area contributed by atoms with E-state index in [1.165, 1.54) is 0 Å². The highest BCUT2D eigenvalue weighted by Gasteiger charge is 2.35. The molecule has 1 aromatic carbocycles. The maximum Gasteiger partial charge on any atom is 0.228 e. The summed E-state index contributed by atoms with van der Waals surface area (Å²) in [5, 5.41) is 9.26. The zero-order valence-corrected chi connectivity index (χ0v) is 9.73. The summed E-state index contributed by atoms with van der Waals surface area (Å²) >= 11 is 0. The minimum absolute atomic E-state index is 0.157. The molecular weight excluding hydrogens is 214 g/mol. The number of aromatic hydroxyl groups is 1. The first-order valence-corrected chi connectivity index (χ1v) is 5.38. The summed E-state index contributed by atoms with van der Waals surface area (Å²) in [5.74, 6) is -0.257. The van der Waals surface area contributed by atoms with Crippen LogP contribution in [0.2, 0.25) is 0 Å². The molecule has 1 aromatic rings. The van der Waals surface area contributed by atoms with Gasteiger partial charge in [0.2, 0.25) is 5.91 Å². The van der Waals surface area contributed by atoms with Crippen LogP contribution in [-0.4, -0.2) is 11.0 Å². The standard InChI is InChI=1S/C14H17NO2/c1-3-9-14(10-4-2,13(15)17)11-5-7-12(16)8-6-11/h3-8,16H,1-2,9-10H2,(H2,15,17).